The molecule has 0 saturated carbocycles. The lowest BCUT2D eigenvalue weighted by molar-refractivity contribution is 0.123. The minimum atomic E-state index is -0.300. The molecule has 1 aromatic carbocycles. The molecule has 1 unspecified atom stereocenters. The van der Waals surface area contributed by atoms with Crippen molar-refractivity contribution in [3.63, 3.8) is 0 Å². The highest BCUT2D eigenvalue weighted by Gasteiger charge is 2.15. The molecule has 108 valence electrons. The average Bonchev–Trinajstić information content (AvgIpc) is 3.09. The second kappa shape index (κ2) is 6.39. The quantitative estimate of drug-likeness (QED) is 0.845. The van der Waals surface area contributed by atoms with E-state index in [1.54, 1.807) is 6.26 Å². The maximum atomic E-state index is 10.0. The molecule has 0 radical (unpaired) electrons. The van der Waals surface area contributed by atoms with E-state index in [9.17, 15) is 5.11 Å². The van der Waals surface area contributed by atoms with E-state index in [1.165, 1.54) is 12.8 Å². The van der Waals surface area contributed by atoms with E-state index in [2.05, 4.69) is 16.3 Å². The topological polar surface area (TPSA) is 48.6 Å². The van der Waals surface area contributed by atoms with Crippen molar-refractivity contribution in [2.24, 2.45) is 0 Å². The van der Waals surface area contributed by atoms with Gasteiger partial charge >= 0.3 is 0 Å². The summed E-state index contributed by atoms with van der Waals surface area (Å²) in [6.07, 6.45) is 4.03. The number of benzene rings is 1. The van der Waals surface area contributed by atoms with Crippen LogP contribution in [0.2, 0.25) is 0 Å². The van der Waals surface area contributed by atoms with Gasteiger partial charge in [-0.3, -0.25) is 0 Å². The third kappa shape index (κ3) is 3.20. The van der Waals surface area contributed by atoms with Gasteiger partial charge in [-0.25, -0.2) is 0 Å². The van der Waals surface area contributed by atoms with Crippen LogP contribution in [0.15, 0.2) is 34.9 Å². The Morgan fingerprint density at radius 2 is 2.05 bits per heavy atom. The highest BCUT2D eigenvalue weighted by atomic mass is 16.3. The number of nitrogens with one attached hydrogen (secondary N) is 1. The zero-order valence-electron chi connectivity index (χ0n) is 11.7. The first-order valence-electron chi connectivity index (χ1n) is 7.39. The van der Waals surface area contributed by atoms with Crippen molar-refractivity contribution in [2.75, 3.05) is 26.2 Å². The average molecular weight is 274 g/mol. The minimum Gasteiger partial charge on any atom is -0.464 e. The largest absolute Gasteiger partial charge is 0.464 e. The molecule has 1 aliphatic rings. The van der Waals surface area contributed by atoms with Crippen molar-refractivity contribution in [1.82, 2.24) is 10.2 Å². The molecule has 1 atom stereocenters. The zero-order chi connectivity index (χ0) is 13.8. The normalized spacial score (nSPS) is 17.9. The van der Waals surface area contributed by atoms with E-state index >= 15 is 0 Å². The number of β-amino-alcohol motifs (C(OH)–C–C–N with tert-alkyl or cyclic N) is 1. The predicted octanol–water partition coefficient (Wildman–Crippen LogP) is 1.98. The number of para-hydroxylation sites is 1. The summed E-state index contributed by atoms with van der Waals surface area (Å²) in [6.45, 7) is 4.38. The standard InChI is InChI=1S/C16H22N2O2/c19-14(11-18-7-3-4-8-18)10-17-9-13-12-20-16-6-2-1-5-15(13)16/h1-2,5-6,12,14,17,19H,3-4,7-11H2. The Hall–Kier alpha value is -1.36. The van der Waals surface area contributed by atoms with E-state index in [0.29, 0.717) is 6.54 Å². The van der Waals surface area contributed by atoms with Crippen LogP contribution in [0, 0.1) is 0 Å². The fourth-order valence-electron chi connectivity index (χ4n) is 2.87. The molecule has 1 aromatic heterocycles. The van der Waals surface area contributed by atoms with Crippen molar-refractivity contribution in [3.05, 3.63) is 36.1 Å². The van der Waals surface area contributed by atoms with E-state index < -0.39 is 0 Å². The lowest BCUT2D eigenvalue weighted by Gasteiger charge is -2.19. The number of hydrogen-bond donors (Lipinski definition) is 2. The molecule has 1 fully saturated rings. The van der Waals surface area contributed by atoms with Crippen molar-refractivity contribution in [1.29, 1.82) is 0 Å². The van der Waals surface area contributed by atoms with Crippen LogP contribution in [-0.4, -0.2) is 42.3 Å². The van der Waals surface area contributed by atoms with Crippen molar-refractivity contribution in [2.45, 2.75) is 25.5 Å². The summed E-state index contributed by atoms with van der Waals surface area (Å²) in [6, 6.07) is 8.03. The minimum absolute atomic E-state index is 0.300. The molecule has 2 aromatic rings. The first-order valence-corrected chi connectivity index (χ1v) is 7.39. The number of aliphatic hydroxyl groups excluding tert-OH is 1. The van der Waals surface area contributed by atoms with Gasteiger partial charge in [0, 0.05) is 30.6 Å². The van der Waals surface area contributed by atoms with Gasteiger partial charge in [0.2, 0.25) is 0 Å². The van der Waals surface area contributed by atoms with Gasteiger partial charge < -0.3 is 19.7 Å². The number of fused-ring (bicyclic) bond motifs is 1. The summed E-state index contributed by atoms with van der Waals surface area (Å²) in [7, 11) is 0. The fraction of sp³-hybridized carbons (Fsp3) is 0.500. The van der Waals surface area contributed by atoms with Crippen molar-refractivity contribution < 1.29 is 9.52 Å². The molecule has 1 aliphatic heterocycles. The van der Waals surface area contributed by atoms with E-state index in [1.807, 2.05) is 18.2 Å². The van der Waals surface area contributed by atoms with Gasteiger partial charge in [-0.05, 0) is 32.0 Å². The lowest BCUT2D eigenvalue weighted by Crippen LogP contribution is -2.36. The Morgan fingerprint density at radius 3 is 2.90 bits per heavy atom. The SMILES string of the molecule is OC(CNCc1coc2ccccc12)CN1CCCC1. The maximum Gasteiger partial charge on any atom is 0.134 e. The fourth-order valence-corrected chi connectivity index (χ4v) is 2.87. The molecule has 1 saturated heterocycles. The van der Waals surface area contributed by atoms with Crippen LogP contribution >= 0.6 is 0 Å². The summed E-state index contributed by atoms with van der Waals surface area (Å²) in [5.74, 6) is 0. The van der Waals surface area contributed by atoms with Gasteiger partial charge in [-0.2, -0.15) is 0 Å². The van der Waals surface area contributed by atoms with Crippen LogP contribution in [0.5, 0.6) is 0 Å². The van der Waals surface area contributed by atoms with Crippen LogP contribution in [0.4, 0.5) is 0 Å². The summed E-state index contributed by atoms with van der Waals surface area (Å²) in [4.78, 5) is 2.33. The second-order valence-electron chi connectivity index (χ2n) is 5.55. The first kappa shape index (κ1) is 13.6. The summed E-state index contributed by atoms with van der Waals surface area (Å²) >= 11 is 0. The van der Waals surface area contributed by atoms with Gasteiger partial charge in [-0.15, -0.1) is 0 Å². The number of nitrogens with zero attached hydrogens (tertiary/aromatic N) is 1. The summed E-state index contributed by atoms with van der Waals surface area (Å²) in [5, 5.41) is 14.5. The van der Waals surface area contributed by atoms with Crippen LogP contribution in [-0.2, 0) is 6.54 Å². The third-order valence-corrected chi connectivity index (χ3v) is 3.92. The Morgan fingerprint density at radius 1 is 1.25 bits per heavy atom. The maximum absolute atomic E-state index is 10.0. The number of furan rings is 1. The second-order valence-corrected chi connectivity index (χ2v) is 5.55. The van der Waals surface area contributed by atoms with E-state index in [-0.39, 0.29) is 6.10 Å². The molecular weight excluding hydrogens is 252 g/mol. The van der Waals surface area contributed by atoms with E-state index in [4.69, 9.17) is 4.42 Å². The zero-order valence-corrected chi connectivity index (χ0v) is 11.7. The van der Waals surface area contributed by atoms with Gasteiger partial charge in [0.15, 0.2) is 0 Å². The monoisotopic (exact) mass is 274 g/mol. The van der Waals surface area contributed by atoms with Crippen LogP contribution in [0.25, 0.3) is 11.0 Å². The third-order valence-electron chi connectivity index (χ3n) is 3.92. The molecule has 0 amide bonds. The molecule has 4 heteroatoms. The van der Waals surface area contributed by atoms with Crippen LogP contribution < -0.4 is 5.32 Å². The molecule has 0 spiro atoms. The number of hydrogen-bond acceptors (Lipinski definition) is 4. The van der Waals surface area contributed by atoms with Gasteiger partial charge in [0.05, 0.1) is 12.4 Å². The molecular formula is C16H22N2O2. The van der Waals surface area contributed by atoms with Gasteiger partial charge in [0.1, 0.15) is 5.58 Å². The Bertz CT molecular complexity index is 546. The predicted molar refractivity (Wildman–Crippen MR) is 79.6 cm³/mol. The molecule has 2 heterocycles. The molecule has 0 bridgehead atoms. The molecule has 20 heavy (non-hydrogen) atoms. The Balaban J connectivity index is 1.47. The summed E-state index contributed by atoms with van der Waals surface area (Å²) < 4.78 is 5.50. The molecule has 3 rings (SSSR count). The number of aliphatic hydroxyl groups is 1. The summed E-state index contributed by atoms with van der Waals surface area (Å²) in [5.41, 5.74) is 2.07. The highest BCUT2D eigenvalue weighted by molar-refractivity contribution is 5.80. The molecule has 4 nitrogen and oxygen atoms in total. The van der Waals surface area contributed by atoms with Crippen molar-refractivity contribution in [3.8, 4) is 0 Å². The lowest BCUT2D eigenvalue weighted by atomic mass is 10.2. The Kier molecular flexibility index (Phi) is 4.35. The van der Waals surface area contributed by atoms with Gasteiger partial charge in [0.25, 0.3) is 0 Å². The highest BCUT2D eigenvalue weighted by Crippen LogP contribution is 2.20. The molecule has 2 N–H and O–H groups in total. The van der Waals surface area contributed by atoms with Crippen LogP contribution in [0.1, 0.15) is 18.4 Å². The van der Waals surface area contributed by atoms with Crippen molar-refractivity contribution >= 4 is 11.0 Å². The number of likely N-dealkylation sites (tertiary alicyclic amines) is 1. The first-order chi connectivity index (χ1) is 9.83. The number of rotatable bonds is 6. The van der Waals surface area contributed by atoms with Gasteiger partial charge in [-0.1, -0.05) is 18.2 Å². The smallest absolute Gasteiger partial charge is 0.134 e. The Labute approximate surface area is 119 Å². The van der Waals surface area contributed by atoms with E-state index in [0.717, 1.165) is 42.7 Å². The molecule has 0 aliphatic carbocycles. The van der Waals surface area contributed by atoms with Crippen LogP contribution in [0.3, 0.4) is 0 Å².